The summed E-state index contributed by atoms with van der Waals surface area (Å²) in [6.07, 6.45) is 4.90. The molecule has 12 heteroatoms. The molecule has 0 unspecified atom stereocenters. The van der Waals surface area contributed by atoms with Crippen molar-refractivity contribution in [2.24, 2.45) is 7.05 Å². The van der Waals surface area contributed by atoms with Gasteiger partial charge < -0.3 is 9.88 Å². The minimum atomic E-state index is -3.77. The first-order chi connectivity index (χ1) is 15.4. The fraction of sp³-hybridized carbons (Fsp3) is 0.300. The maximum Gasteiger partial charge on any atom is 0.268 e. The van der Waals surface area contributed by atoms with Crippen LogP contribution in [0.2, 0.25) is 0 Å². The fourth-order valence-corrected chi connectivity index (χ4v) is 5.64. The van der Waals surface area contributed by atoms with Gasteiger partial charge in [0.2, 0.25) is 10.0 Å². The van der Waals surface area contributed by atoms with Crippen molar-refractivity contribution in [3.63, 3.8) is 0 Å². The van der Waals surface area contributed by atoms with Crippen LogP contribution in [0, 0.1) is 6.92 Å². The van der Waals surface area contributed by atoms with Gasteiger partial charge in [-0.3, -0.25) is 9.48 Å². The first-order valence-corrected chi connectivity index (χ1v) is 11.5. The van der Waals surface area contributed by atoms with E-state index in [4.69, 9.17) is 0 Å². The van der Waals surface area contributed by atoms with Crippen molar-refractivity contribution in [1.82, 2.24) is 38.6 Å². The number of hydrogen-bond donors (Lipinski definition) is 1. The highest BCUT2D eigenvalue weighted by Crippen LogP contribution is 2.26. The Bertz CT molecular complexity index is 1430. The Labute approximate surface area is 184 Å². The largest absolute Gasteiger partial charge is 0.347 e. The van der Waals surface area contributed by atoms with Gasteiger partial charge in [0.15, 0.2) is 5.65 Å². The van der Waals surface area contributed by atoms with Crippen LogP contribution in [0.4, 0.5) is 0 Å². The van der Waals surface area contributed by atoms with Crippen molar-refractivity contribution in [3.8, 4) is 0 Å². The number of hydrogen-bond acceptors (Lipinski definition) is 6. The second-order valence-electron chi connectivity index (χ2n) is 7.67. The molecule has 0 spiro atoms. The number of rotatable bonds is 5. The highest BCUT2D eigenvalue weighted by molar-refractivity contribution is 7.89. The highest BCUT2D eigenvalue weighted by atomic mass is 32.2. The molecule has 0 fully saturated rings. The summed E-state index contributed by atoms with van der Waals surface area (Å²) in [7, 11) is -2.08. The summed E-state index contributed by atoms with van der Waals surface area (Å²) in [5.41, 5.74) is 3.09. The predicted molar refractivity (Wildman–Crippen MR) is 114 cm³/mol. The molecule has 5 heterocycles. The molecule has 0 atom stereocenters. The number of aromatic nitrogens is 6. The first kappa shape index (κ1) is 20.4. The zero-order chi connectivity index (χ0) is 22.5. The predicted octanol–water partition coefficient (Wildman–Crippen LogP) is 0.707. The van der Waals surface area contributed by atoms with Crippen LogP contribution in [0.25, 0.3) is 5.65 Å². The molecule has 5 rings (SSSR count). The number of pyridine rings is 1. The van der Waals surface area contributed by atoms with Crippen molar-refractivity contribution >= 4 is 21.6 Å². The van der Waals surface area contributed by atoms with Gasteiger partial charge in [-0.15, -0.1) is 0 Å². The summed E-state index contributed by atoms with van der Waals surface area (Å²) in [6.45, 7) is 3.02. The summed E-state index contributed by atoms with van der Waals surface area (Å²) in [6, 6.07) is 6.94. The summed E-state index contributed by atoms with van der Waals surface area (Å²) in [5, 5.41) is 11.1. The molecule has 4 aromatic rings. The lowest BCUT2D eigenvalue weighted by molar-refractivity contribution is 0.0942. The molecule has 0 bridgehead atoms. The number of carbonyl (C=O) groups excluding carboxylic acids is 1. The molecule has 1 amide bonds. The van der Waals surface area contributed by atoms with E-state index in [1.54, 1.807) is 40.1 Å². The fourth-order valence-electron chi connectivity index (χ4n) is 3.96. The van der Waals surface area contributed by atoms with Gasteiger partial charge >= 0.3 is 0 Å². The Morgan fingerprint density at radius 1 is 1.22 bits per heavy atom. The van der Waals surface area contributed by atoms with Crippen molar-refractivity contribution in [3.05, 3.63) is 65.6 Å². The van der Waals surface area contributed by atoms with E-state index in [0.29, 0.717) is 24.4 Å². The Morgan fingerprint density at radius 3 is 2.91 bits per heavy atom. The van der Waals surface area contributed by atoms with E-state index in [2.05, 4.69) is 20.5 Å². The van der Waals surface area contributed by atoms with Crippen LogP contribution in [0.15, 0.2) is 47.9 Å². The van der Waals surface area contributed by atoms with E-state index in [0.717, 1.165) is 11.3 Å². The third kappa shape index (κ3) is 3.28. The molecular weight excluding hydrogens is 432 g/mol. The Morgan fingerprint density at radius 2 is 2.06 bits per heavy atom. The molecule has 4 aromatic heterocycles. The molecule has 166 valence electrons. The smallest absolute Gasteiger partial charge is 0.268 e. The van der Waals surface area contributed by atoms with Gasteiger partial charge in [-0.25, -0.2) is 17.9 Å². The molecule has 0 radical (unpaired) electrons. The zero-order valence-electron chi connectivity index (χ0n) is 17.6. The second kappa shape index (κ2) is 7.57. The maximum absolute atomic E-state index is 13.4. The van der Waals surface area contributed by atoms with Crippen molar-refractivity contribution in [1.29, 1.82) is 0 Å². The second-order valence-corrected chi connectivity index (χ2v) is 9.57. The molecule has 1 aliphatic rings. The minimum Gasteiger partial charge on any atom is -0.347 e. The van der Waals surface area contributed by atoms with E-state index in [-0.39, 0.29) is 29.6 Å². The number of amides is 1. The number of sulfonamides is 1. The number of nitrogens with one attached hydrogen (secondary N) is 1. The van der Waals surface area contributed by atoms with E-state index in [9.17, 15) is 13.2 Å². The molecule has 11 nitrogen and oxygen atoms in total. The van der Waals surface area contributed by atoms with Crippen LogP contribution in [-0.4, -0.2) is 54.1 Å². The molecule has 0 aliphatic carbocycles. The van der Waals surface area contributed by atoms with Crippen LogP contribution >= 0.6 is 0 Å². The maximum atomic E-state index is 13.4. The third-order valence-corrected chi connectivity index (χ3v) is 7.83. The summed E-state index contributed by atoms with van der Waals surface area (Å²) in [5.74, 6) is -0.365. The molecule has 1 N–H and O–H groups in total. The molecule has 0 aromatic carbocycles. The normalized spacial score (nSPS) is 14.6. The Kier molecular flexibility index (Phi) is 4.82. The third-order valence-electron chi connectivity index (χ3n) is 5.87. The molecule has 0 saturated carbocycles. The summed E-state index contributed by atoms with van der Waals surface area (Å²) in [4.78, 5) is 17.3. The lowest BCUT2D eigenvalue weighted by atomic mass is 10.2. The van der Waals surface area contributed by atoms with Gasteiger partial charge in [-0.2, -0.15) is 14.5 Å². The number of fused-ring (bicyclic) bond motifs is 2. The minimum absolute atomic E-state index is 0.137. The van der Waals surface area contributed by atoms with Crippen molar-refractivity contribution in [2.45, 2.75) is 31.5 Å². The van der Waals surface area contributed by atoms with Gasteiger partial charge in [0.25, 0.3) is 5.91 Å². The lowest BCUT2D eigenvalue weighted by Crippen LogP contribution is -2.38. The highest BCUT2D eigenvalue weighted by Gasteiger charge is 2.32. The quantitative estimate of drug-likeness (QED) is 0.474. The average Bonchev–Trinajstić information content (AvgIpc) is 3.51. The van der Waals surface area contributed by atoms with Crippen LogP contribution in [-0.2, 0) is 36.7 Å². The van der Waals surface area contributed by atoms with Crippen molar-refractivity contribution < 1.29 is 13.2 Å². The van der Waals surface area contributed by atoms with Crippen molar-refractivity contribution in [2.75, 3.05) is 6.54 Å². The van der Waals surface area contributed by atoms with Gasteiger partial charge in [-0.05, 0) is 25.1 Å². The Balaban J connectivity index is 1.38. The van der Waals surface area contributed by atoms with Gasteiger partial charge in [0.05, 0.1) is 18.8 Å². The van der Waals surface area contributed by atoms with Crippen LogP contribution in [0.3, 0.4) is 0 Å². The standard InChI is InChI=1S/C20H22N8O3S/c1-14-18(32(30,31)26-8-9-27-16(12-26)5-6-23-27)10-17(25(14)2)20(29)21-11-15-4-3-7-28-19(15)22-13-24-28/h3-7,10,13H,8-9,11-12H2,1-2H3,(H,21,29). The first-order valence-electron chi connectivity index (χ1n) is 10.1. The average molecular weight is 455 g/mol. The number of nitrogens with zero attached hydrogens (tertiary/aromatic N) is 7. The Hall–Kier alpha value is -3.51. The molecule has 32 heavy (non-hydrogen) atoms. The number of carbonyl (C=O) groups is 1. The topological polar surface area (TPSA) is 119 Å². The van der Waals surface area contributed by atoms with Gasteiger partial charge in [0, 0.05) is 43.8 Å². The van der Waals surface area contributed by atoms with Gasteiger partial charge in [0.1, 0.15) is 16.9 Å². The molecular formula is C20H22N8O3S. The van der Waals surface area contributed by atoms with Crippen LogP contribution in [0.5, 0.6) is 0 Å². The van der Waals surface area contributed by atoms with Gasteiger partial charge in [-0.1, -0.05) is 6.07 Å². The lowest BCUT2D eigenvalue weighted by Gasteiger charge is -2.26. The summed E-state index contributed by atoms with van der Waals surface area (Å²) >= 11 is 0. The van der Waals surface area contributed by atoms with E-state index >= 15 is 0 Å². The zero-order valence-corrected chi connectivity index (χ0v) is 18.4. The monoisotopic (exact) mass is 454 g/mol. The van der Waals surface area contributed by atoms with Crippen LogP contribution in [0.1, 0.15) is 27.4 Å². The molecule has 1 aliphatic heterocycles. The van der Waals surface area contributed by atoms with Crippen LogP contribution < -0.4 is 5.32 Å². The SMILES string of the molecule is Cc1c(S(=O)(=O)N2CCn3nccc3C2)cc(C(=O)NCc2cccn3ncnc23)n1C. The van der Waals surface area contributed by atoms with E-state index < -0.39 is 10.0 Å². The summed E-state index contributed by atoms with van der Waals surface area (Å²) < 4.78 is 33.2. The molecule has 0 saturated heterocycles. The van der Waals surface area contributed by atoms with E-state index in [1.165, 1.54) is 16.7 Å². The van der Waals surface area contributed by atoms with E-state index in [1.807, 2.05) is 18.2 Å².